The normalized spacial score (nSPS) is 17.4. The molecule has 0 aromatic heterocycles. The zero-order chi connectivity index (χ0) is 12.1. The third kappa shape index (κ3) is 3.20. The van der Waals surface area contributed by atoms with Crippen molar-refractivity contribution in [3.63, 3.8) is 0 Å². The molecule has 1 saturated heterocycles. The van der Waals surface area contributed by atoms with Gasteiger partial charge in [0.15, 0.2) is 0 Å². The van der Waals surface area contributed by atoms with Gasteiger partial charge in [-0.25, -0.2) is 5.01 Å². The van der Waals surface area contributed by atoms with Crippen LogP contribution in [0.5, 0.6) is 0 Å². The molecule has 0 spiro atoms. The van der Waals surface area contributed by atoms with Gasteiger partial charge in [-0.15, -0.1) is 0 Å². The topological polar surface area (TPSA) is 18.5 Å². The van der Waals surface area contributed by atoms with Crippen LogP contribution in [0.15, 0.2) is 24.3 Å². The Hall–Kier alpha value is -1.06. The van der Waals surface area contributed by atoms with Crippen molar-refractivity contribution in [3.8, 4) is 0 Å². The highest BCUT2D eigenvalue weighted by Gasteiger charge is 2.17. The van der Waals surface area contributed by atoms with Gasteiger partial charge in [0, 0.05) is 38.4 Å². The molecule has 17 heavy (non-hydrogen) atoms. The summed E-state index contributed by atoms with van der Waals surface area (Å²) in [6.07, 6.45) is 1.19. The molecule has 3 heteroatoms. The van der Waals surface area contributed by atoms with Crippen molar-refractivity contribution in [1.29, 1.82) is 0 Å². The summed E-state index contributed by atoms with van der Waals surface area (Å²) < 4.78 is 0. The van der Waals surface area contributed by atoms with Crippen LogP contribution >= 0.6 is 0 Å². The Kier molecular flexibility index (Phi) is 4.40. The molecule has 0 aliphatic carbocycles. The first kappa shape index (κ1) is 12.4. The highest BCUT2D eigenvalue weighted by molar-refractivity contribution is 5.53. The van der Waals surface area contributed by atoms with Gasteiger partial charge < -0.3 is 4.90 Å². The SMILES string of the molecule is CCCNN1CCN(c2ccccc2C)CC1. The van der Waals surface area contributed by atoms with Crippen molar-refractivity contribution < 1.29 is 0 Å². The van der Waals surface area contributed by atoms with Gasteiger partial charge in [-0.3, -0.25) is 5.43 Å². The van der Waals surface area contributed by atoms with Crippen LogP contribution in [-0.4, -0.2) is 37.7 Å². The van der Waals surface area contributed by atoms with Crippen LogP contribution in [-0.2, 0) is 0 Å². The molecule has 0 amide bonds. The molecule has 0 bridgehead atoms. The minimum atomic E-state index is 1.09. The van der Waals surface area contributed by atoms with Crippen LogP contribution in [0, 0.1) is 6.92 Å². The van der Waals surface area contributed by atoms with Gasteiger partial charge in [-0.1, -0.05) is 25.1 Å². The Bertz CT molecular complexity index is 343. The maximum absolute atomic E-state index is 3.46. The molecule has 1 aliphatic rings. The van der Waals surface area contributed by atoms with E-state index in [-0.39, 0.29) is 0 Å². The van der Waals surface area contributed by atoms with Crippen molar-refractivity contribution in [2.24, 2.45) is 0 Å². The van der Waals surface area contributed by atoms with Gasteiger partial charge in [0.1, 0.15) is 0 Å². The number of anilines is 1. The molecule has 0 saturated carbocycles. The second-order valence-corrected chi connectivity index (χ2v) is 4.67. The van der Waals surface area contributed by atoms with Crippen molar-refractivity contribution in [3.05, 3.63) is 29.8 Å². The Morgan fingerprint density at radius 3 is 2.47 bits per heavy atom. The van der Waals surface area contributed by atoms with E-state index in [2.05, 4.69) is 53.4 Å². The van der Waals surface area contributed by atoms with Crippen molar-refractivity contribution in [2.45, 2.75) is 20.3 Å². The molecule has 0 atom stereocenters. The zero-order valence-corrected chi connectivity index (χ0v) is 10.9. The van der Waals surface area contributed by atoms with Gasteiger partial charge in [0.05, 0.1) is 0 Å². The summed E-state index contributed by atoms with van der Waals surface area (Å²) in [6.45, 7) is 9.92. The molecule has 2 rings (SSSR count). The predicted molar refractivity (Wildman–Crippen MR) is 73.3 cm³/mol. The fourth-order valence-corrected chi connectivity index (χ4v) is 2.29. The minimum Gasteiger partial charge on any atom is -0.369 e. The van der Waals surface area contributed by atoms with E-state index in [4.69, 9.17) is 0 Å². The van der Waals surface area contributed by atoms with Crippen LogP contribution in [0.25, 0.3) is 0 Å². The summed E-state index contributed by atoms with van der Waals surface area (Å²) in [5, 5.41) is 2.35. The molecule has 1 aliphatic heterocycles. The number of nitrogens with zero attached hydrogens (tertiary/aromatic N) is 2. The first-order chi connectivity index (χ1) is 8.31. The first-order valence-electron chi connectivity index (χ1n) is 6.60. The number of para-hydroxylation sites is 1. The highest BCUT2D eigenvalue weighted by Crippen LogP contribution is 2.20. The average molecular weight is 233 g/mol. The lowest BCUT2D eigenvalue weighted by atomic mass is 10.1. The molecule has 1 heterocycles. The maximum atomic E-state index is 3.46. The van der Waals surface area contributed by atoms with Crippen LogP contribution in [0.3, 0.4) is 0 Å². The van der Waals surface area contributed by atoms with Crippen LogP contribution in [0.4, 0.5) is 5.69 Å². The molecule has 1 aromatic carbocycles. The summed E-state index contributed by atoms with van der Waals surface area (Å²) in [6, 6.07) is 8.66. The fourth-order valence-electron chi connectivity index (χ4n) is 2.29. The van der Waals surface area contributed by atoms with Gasteiger partial charge in [0.25, 0.3) is 0 Å². The number of rotatable bonds is 4. The number of aryl methyl sites for hydroxylation is 1. The molecular formula is C14H23N3. The monoisotopic (exact) mass is 233 g/mol. The van der Waals surface area contributed by atoms with Gasteiger partial charge >= 0.3 is 0 Å². The molecule has 3 nitrogen and oxygen atoms in total. The van der Waals surface area contributed by atoms with Crippen LogP contribution < -0.4 is 10.3 Å². The third-order valence-corrected chi connectivity index (χ3v) is 3.32. The van der Waals surface area contributed by atoms with E-state index in [1.54, 1.807) is 0 Å². The van der Waals surface area contributed by atoms with Gasteiger partial charge in [-0.05, 0) is 25.0 Å². The third-order valence-electron chi connectivity index (χ3n) is 3.32. The van der Waals surface area contributed by atoms with Crippen LogP contribution in [0.1, 0.15) is 18.9 Å². The predicted octanol–water partition coefficient (Wildman–Crippen LogP) is 2.03. The average Bonchev–Trinajstić information content (AvgIpc) is 2.38. The Labute approximate surface area is 104 Å². The number of hydrogen-bond acceptors (Lipinski definition) is 3. The second kappa shape index (κ2) is 6.03. The molecule has 1 fully saturated rings. The summed E-state index contributed by atoms with van der Waals surface area (Å²) in [5.41, 5.74) is 6.23. The summed E-state index contributed by atoms with van der Waals surface area (Å²) in [4.78, 5) is 2.49. The van der Waals surface area contributed by atoms with E-state index >= 15 is 0 Å². The van der Waals surface area contributed by atoms with E-state index < -0.39 is 0 Å². The van der Waals surface area contributed by atoms with Gasteiger partial charge in [0.2, 0.25) is 0 Å². The number of benzene rings is 1. The Morgan fingerprint density at radius 1 is 1.12 bits per heavy atom. The number of piperazine rings is 1. The van der Waals surface area contributed by atoms with E-state index in [1.165, 1.54) is 17.7 Å². The largest absolute Gasteiger partial charge is 0.369 e. The summed E-state index contributed by atoms with van der Waals surface area (Å²) >= 11 is 0. The lowest BCUT2D eigenvalue weighted by Crippen LogP contribution is -2.52. The van der Waals surface area contributed by atoms with E-state index in [1.807, 2.05) is 0 Å². The van der Waals surface area contributed by atoms with Gasteiger partial charge in [-0.2, -0.15) is 0 Å². The lowest BCUT2D eigenvalue weighted by Gasteiger charge is -2.36. The molecule has 0 radical (unpaired) electrons. The smallest absolute Gasteiger partial charge is 0.0396 e. The van der Waals surface area contributed by atoms with Crippen molar-refractivity contribution in [2.75, 3.05) is 37.6 Å². The molecular weight excluding hydrogens is 210 g/mol. The van der Waals surface area contributed by atoms with Crippen LogP contribution in [0.2, 0.25) is 0 Å². The standard InChI is InChI=1S/C14H23N3/c1-3-8-15-17-11-9-16(10-12-17)14-7-5-4-6-13(14)2/h4-7,15H,3,8-12H2,1-2H3. The lowest BCUT2D eigenvalue weighted by molar-refractivity contribution is 0.177. The summed E-state index contributed by atoms with van der Waals surface area (Å²) in [5.74, 6) is 0. The van der Waals surface area contributed by atoms with E-state index in [0.717, 1.165) is 32.7 Å². The quantitative estimate of drug-likeness (QED) is 0.858. The molecule has 1 aromatic rings. The van der Waals surface area contributed by atoms with Crippen molar-refractivity contribution in [1.82, 2.24) is 10.4 Å². The molecule has 1 N–H and O–H groups in total. The molecule has 94 valence electrons. The zero-order valence-electron chi connectivity index (χ0n) is 10.9. The van der Waals surface area contributed by atoms with E-state index in [9.17, 15) is 0 Å². The minimum absolute atomic E-state index is 1.09. The fraction of sp³-hybridized carbons (Fsp3) is 0.571. The molecule has 0 unspecified atom stereocenters. The van der Waals surface area contributed by atoms with E-state index in [0.29, 0.717) is 0 Å². The Morgan fingerprint density at radius 2 is 1.82 bits per heavy atom. The number of hydrazine groups is 1. The summed E-state index contributed by atoms with van der Waals surface area (Å²) in [7, 11) is 0. The number of nitrogens with one attached hydrogen (secondary N) is 1. The van der Waals surface area contributed by atoms with Crippen molar-refractivity contribution >= 4 is 5.69 Å². The highest BCUT2D eigenvalue weighted by atomic mass is 15.5. The maximum Gasteiger partial charge on any atom is 0.0396 e. The second-order valence-electron chi connectivity index (χ2n) is 4.67. The number of hydrogen-bond donors (Lipinski definition) is 1. The Balaban J connectivity index is 1.89. The first-order valence-corrected chi connectivity index (χ1v) is 6.60.